The molecule has 0 unspecified atom stereocenters. The molecule has 0 aromatic heterocycles. The van der Waals surface area contributed by atoms with E-state index in [0.717, 1.165) is 6.42 Å². The van der Waals surface area contributed by atoms with Crippen molar-refractivity contribution in [3.05, 3.63) is 35.9 Å². The second-order valence-electron chi connectivity index (χ2n) is 9.64. The van der Waals surface area contributed by atoms with Crippen molar-refractivity contribution in [3.8, 4) is 0 Å². The van der Waals surface area contributed by atoms with Crippen molar-refractivity contribution in [2.45, 2.75) is 96.8 Å². The van der Waals surface area contributed by atoms with Crippen molar-refractivity contribution in [1.82, 2.24) is 0 Å². The molecule has 1 heterocycles. The largest absolute Gasteiger partial charge is 0.414 e. The van der Waals surface area contributed by atoms with Crippen LogP contribution >= 0.6 is 0 Å². The Morgan fingerprint density at radius 3 is 2.26 bits per heavy atom. The van der Waals surface area contributed by atoms with Crippen LogP contribution < -0.4 is 0 Å². The number of hydrogen-bond donors (Lipinski definition) is 0. The Morgan fingerprint density at radius 1 is 1.07 bits per heavy atom. The molecule has 0 amide bonds. The molecule has 0 saturated carbocycles. The minimum Gasteiger partial charge on any atom is -0.414 e. The third kappa shape index (κ3) is 6.68. The van der Waals surface area contributed by atoms with E-state index in [1.807, 2.05) is 32.0 Å². The molecule has 0 bridgehead atoms. The van der Waals surface area contributed by atoms with Crippen LogP contribution in [0.1, 0.15) is 53.5 Å². The van der Waals surface area contributed by atoms with Gasteiger partial charge in [-0.05, 0) is 44.5 Å². The molecular formula is C22H38O4Si. The molecule has 27 heavy (non-hydrogen) atoms. The molecule has 0 spiro atoms. The van der Waals surface area contributed by atoms with Gasteiger partial charge in [0.1, 0.15) is 6.10 Å². The maximum absolute atomic E-state index is 6.52. The van der Waals surface area contributed by atoms with Crippen LogP contribution in [0, 0.1) is 0 Å². The molecule has 1 aromatic rings. The molecule has 0 radical (unpaired) electrons. The fraction of sp³-hybridized carbons (Fsp3) is 0.727. The van der Waals surface area contributed by atoms with Gasteiger partial charge in [0.15, 0.2) is 14.1 Å². The lowest BCUT2D eigenvalue weighted by atomic mass is 10.1. The van der Waals surface area contributed by atoms with E-state index in [2.05, 4.69) is 52.9 Å². The summed E-state index contributed by atoms with van der Waals surface area (Å²) in [7, 11) is -1.79. The highest BCUT2D eigenvalue weighted by Crippen LogP contribution is 2.38. The molecule has 3 atom stereocenters. The van der Waals surface area contributed by atoms with E-state index in [4.69, 9.17) is 18.6 Å². The molecule has 1 fully saturated rings. The predicted molar refractivity (Wildman–Crippen MR) is 112 cm³/mol. The minimum atomic E-state index is -1.79. The number of rotatable bonds is 8. The topological polar surface area (TPSA) is 36.9 Å². The third-order valence-corrected chi connectivity index (χ3v) is 10.1. The van der Waals surface area contributed by atoms with Crippen LogP contribution in [-0.4, -0.2) is 39.0 Å². The quantitative estimate of drug-likeness (QED) is 0.544. The second-order valence-corrected chi connectivity index (χ2v) is 14.4. The van der Waals surface area contributed by atoms with E-state index >= 15 is 0 Å². The van der Waals surface area contributed by atoms with Gasteiger partial charge in [0.25, 0.3) is 0 Å². The first kappa shape index (κ1) is 22.6. The van der Waals surface area contributed by atoms with Gasteiger partial charge in [0.2, 0.25) is 0 Å². The Bertz CT molecular complexity index is 580. The lowest BCUT2D eigenvalue weighted by Gasteiger charge is -2.39. The van der Waals surface area contributed by atoms with Crippen LogP contribution in [0.2, 0.25) is 18.1 Å². The molecule has 0 aliphatic carbocycles. The monoisotopic (exact) mass is 394 g/mol. The van der Waals surface area contributed by atoms with Crippen molar-refractivity contribution >= 4 is 8.32 Å². The van der Waals surface area contributed by atoms with E-state index in [9.17, 15) is 0 Å². The standard InChI is InChI=1S/C22H38O4Si/c1-17(26-27(7,8)21(2,3)4)14-19-20(25-22(5,6)24-19)16-23-15-18-12-10-9-11-13-18/h9-13,17,19-20H,14-16H2,1-8H3/t17-,19+,20+/m1/s1. The summed E-state index contributed by atoms with van der Waals surface area (Å²) in [4.78, 5) is 0. The normalized spacial score (nSPS) is 24.1. The second kappa shape index (κ2) is 8.74. The zero-order chi connectivity index (χ0) is 20.3. The lowest BCUT2D eigenvalue weighted by molar-refractivity contribution is -0.152. The highest BCUT2D eigenvalue weighted by molar-refractivity contribution is 6.74. The first-order chi connectivity index (χ1) is 12.4. The van der Waals surface area contributed by atoms with Gasteiger partial charge in [-0.15, -0.1) is 0 Å². The summed E-state index contributed by atoms with van der Waals surface area (Å²) in [5.41, 5.74) is 1.17. The van der Waals surface area contributed by atoms with Crippen LogP contribution in [0.15, 0.2) is 30.3 Å². The van der Waals surface area contributed by atoms with Gasteiger partial charge in [0, 0.05) is 12.5 Å². The van der Waals surface area contributed by atoms with E-state index in [0.29, 0.717) is 13.2 Å². The van der Waals surface area contributed by atoms with Crippen LogP contribution in [0.3, 0.4) is 0 Å². The molecule has 154 valence electrons. The molecule has 0 N–H and O–H groups in total. The zero-order valence-corrected chi connectivity index (χ0v) is 19.4. The number of hydrogen-bond acceptors (Lipinski definition) is 4. The van der Waals surface area contributed by atoms with Gasteiger partial charge in [-0.3, -0.25) is 0 Å². The Labute approximate surface area is 166 Å². The van der Waals surface area contributed by atoms with E-state index in [-0.39, 0.29) is 23.4 Å². The summed E-state index contributed by atoms with van der Waals surface area (Å²) in [6.45, 7) is 18.6. The molecule has 4 nitrogen and oxygen atoms in total. The Morgan fingerprint density at radius 2 is 1.67 bits per heavy atom. The SMILES string of the molecule is C[C@H](C[C@@H]1OC(C)(C)O[C@H]1COCc1ccccc1)O[Si](C)(C)C(C)(C)C. The van der Waals surface area contributed by atoms with Gasteiger partial charge in [-0.1, -0.05) is 51.1 Å². The number of benzene rings is 1. The first-order valence-electron chi connectivity index (χ1n) is 10.0. The molecule has 5 heteroatoms. The van der Waals surface area contributed by atoms with E-state index in [1.54, 1.807) is 0 Å². The van der Waals surface area contributed by atoms with Crippen molar-refractivity contribution in [3.63, 3.8) is 0 Å². The fourth-order valence-electron chi connectivity index (χ4n) is 3.17. The van der Waals surface area contributed by atoms with Crippen LogP contribution in [0.25, 0.3) is 0 Å². The summed E-state index contributed by atoms with van der Waals surface area (Å²) >= 11 is 0. The van der Waals surface area contributed by atoms with Crippen molar-refractivity contribution < 1.29 is 18.6 Å². The third-order valence-electron chi connectivity index (χ3n) is 5.54. The zero-order valence-electron chi connectivity index (χ0n) is 18.4. The summed E-state index contributed by atoms with van der Waals surface area (Å²) < 4.78 is 24.7. The summed E-state index contributed by atoms with van der Waals surface area (Å²) in [5.74, 6) is -0.581. The van der Waals surface area contributed by atoms with Gasteiger partial charge in [0.05, 0.1) is 19.3 Å². The maximum Gasteiger partial charge on any atom is 0.192 e. The van der Waals surface area contributed by atoms with E-state index < -0.39 is 14.1 Å². The van der Waals surface area contributed by atoms with Crippen molar-refractivity contribution in [1.29, 1.82) is 0 Å². The van der Waals surface area contributed by atoms with Crippen LogP contribution in [0.5, 0.6) is 0 Å². The summed E-state index contributed by atoms with van der Waals surface area (Å²) in [6, 6.07) is 10.2. The highest BCUT2D eigenvalue weighted by Gasteiger charge is 2.44. The van der Waals surface area contributed by atoms with Gasteiger partial charge >= 0.3 is 0 Å². The van der Waals surface area contributed by atoms with Crippen molar-refractivity contribution in [2.75, 3.05) is 6.61 Å². The predicted octanol–water partition coefficient (Wildman–Crippen LogP) is 5.52. The average Bonchev–Trinajstić information content (AvgIpc) is 2.80. The summed E-state index contributed by atoms with van der Waals surface area (Å²) in [6.07, 6.45) is 0.852. The van der Waals surface area contributed by atoms with Crippen LogP contribution in [0.4, 0.5) is 0 Å². The molecule has 1 aliphatic rings. The van der Waals surface area contributed by atoms with Crippen molar-refractivity contribution in [2.24, 2.45) is 0 Å². The molecule has 1 aromatic carbocycles. The first-order valence-corrected chi connectivity index (χ1v) is 13.0. The summed E-state index contributed by atoms with van der Waals surface area (Å²) in [5, 5.41) is 0.200. The van der Waals surface area contributed by atoms with Gasteiger partial charge in [-0.2, -0.15) is 0 Å². The Hall–Kier alpha value is -0.723. The van der Waals surface area contributed by atoms with E-state index in [1.165, 1.54) is 5.56 Å². The molecule has 1 saturated heterocycles. The number of ether oxygens (including phenoxy) is 3. The molecule has 1 aliphatic heterocycles. The maximum atomic E-state index is 6.52. The smallest absolute Gasteiger partial charge is 0.192 e. The minimum absolute atomic E-state index is 0.0180. The fourth-order valence-corrected chi connectivity index (χ4v) is 4.63. The highest BCUT2D eigenvalue weighted by atomic mass is 28.4. The Balaban J connectivity index is 1.90. The molecule has 2 rings (SSSR count). The molecular weight excluding hydrogens is 356 g/mol. The van der Waals surface area contributed by atoms with Gasteiger partial charge in [-0.25, -0.2) is 0 Å². The van der Waals surface area contributed by atoms with Crippen LogP contribution in [-0.2, 0) is 25.2 Å². The average molecular weight is 395 g/mol. The van der Waals surface area contributed by atoms with Gasteiger partial charge < -0.3 is 18.6 Å². The lowest BCUT2D eigenvalue weighted by Crippen LogP contribution is -2.44. The Kier molecular flexibility index (Phi) is 7.31.